The van der Waals surface area contributed by atoms with Gasteiger partial charge in [-0.2, -0.15) is 0 Å². The number of thioether (sulfide) groups is 1. The third-order valence-electron chi connectivity index (χ3n) is 3.71. The van der Waals surface area contributed by atoms with Crippen molar-refractivity contribution in [1.82, 2.24) is 4.98 Å². The highest BCUT2D eigenvalue weighted by molar-refractivity contribution is 8.14. The molecule has 0 aliphatic carbocycles. The van der Waals surface area contributed by atoms with Crippen LogP contribution in [0.25, 0.3) is 0 Å². The van der Waals surface area contributed by atoms with Gasteiger partial charge in [-0.25, -0.2) is 0 Å². The summed E-state index contributed by atoms with van der Waals surface area (Å²) in [5, 5.41) is 4.44. The van der Waals surface area contributed by atoms with E-state index in [1.54, 1.807) is 0 Å². The van der Waals surface area contributed by atoms with Gasteiger partial charge in [0, 0.05) is 24.7 Å². The molecule has 1 N–H and O–H groups in total. The Morgan fingerprint density at radius 2 is 2.05 bits per heavy atom. The summed E-state index contributed by atoms with van der Waals surface area (Å²) >= 11 is 1.81. The van der Waals surface area contributed by atoms with Crippen molar-refractivity contribution >= 4 is 22.6 Å². The molecule has 5 heteroatoms. The van der Waals surface area contributed by atoms with Crippen molar-refractivity contribution in [3.8, 4) is 0 Å². The summed E-state index contributed by atoms with van der Waals surface area (Å²) in [6.45, 7) is 5.71. The molecule has 1 aromatic rings. The summed E-state index contributed by atoms with van der Waals surface area (Å²) in [6.07, 6.45) is 2.08. The molecule has 102 valence electrons. The van der Waals surface area contributed by atoms with Crippen molar-refractivity contribution in [3.05, 3.63) is 23.5 Å². The second kappa shape index (κ2) is 5.13. The van der Waals surface area contributed by atoms with Gasteiger partial charge in [-0.1, -0.05) is 11.8 Å². The lowest BCUT2D eigenvalue weighted by molar-refractivity contribution is 0.0624. The number of aryl methyl sites for hydroxylation is 2. The third kappa shape index (κ3) is 2.77. The van der Waals surface area contributed by atoms with Crippen LogP contribution in [0, 0.1) is 13.8 Å². The molecule has 1 saturated heterocycles. The van der Waals surface area contributed by atoms with Crippen LogP contribution >= 0.6 is 11.8 Å². The van der Waals surface area contributed by atoms with Crippen LogP contribution in [0.15, 0.2) is 17.1 Å². The van der Waals surface area contributed by atoms with Crippen LogP contribution < -0.4 is 5.32 Å². The van der Waals surface area contributed by atoms with Crippen molar-refractivity contribution in [2.75, 3.05) is 24.3 Å². The predicted molar refractivity (Wildman–Crippen MR) is 80.0 cm³/mol. The van der Waals surface area contributed by atoms with Crippen LogP contribution in [0.5, 0.6) is 0 Å². The van der Waals surface area contributed by atoms with E-state index in [0.717, 1.165) is 54.1 Å². The van der Waals surface area contributed by atoms with Crippen LogP contribution in [0.1, 0.15) is 24.2 Å². The number of hydrogen-bond acceptors (Lipinski definition) is 5. The number of anilines is 1. The topological polar surface area (TPSA) is 46.5 Å². The fraction of sp³-hybridized carbons (Fsp3) is 0.571. The highest BCUT2D eigenvalue weighted by Gasteiger charge is 2.37. The van der Waals surface area contributed by atoms with Crippen molar-refractivity contribution in [3.63, 3.8) is 0 Å². The molecular weight excluding hydrogens is 258 g/mol. The van der Waals surface area contributed by atoms with E-state index in [-0.39, 0.29) is 5.54 Å². The average molecular weight is 277 g/mol. The minimum atomic E-state index is 0.108. The number of nitrogens with zero attached hydrogens (tertiary/aromatic N) is 2. The van der Waals surface area contributed by atoms with Gasteiger partial charge in [-0.05, 0) is 38.8 Å². The van der Waals surface area contributed by atoms with Crippen LogP contribution in [-0.2, 0) is 4.74 Å². The van der Waals surface area contributed by atoms with Gasteiger partial charge in [0.2, 0.25) is 0 Å². The Kier molecular flexibility index (Phi) is 3.50. The number of aliphatic imine (C=N–C) groups is 1. The third-order valence-corrected chi connectivity index (χ3v) is 4.85. The van der Waals surface area contributed by atoms with Crippen molar-refractivity contribution in [1.29, 1.82) is 0 Å². The van der Waals surface area contributed by atoms with Crippen LogP contribution in [0.2, 0.25) is 0 Å². The van der Waals surface area contributed by atoms with E-state index in [2.05, 4.69) is 16.4 Å². The number of aromatic nitrogens is 1. The first-order chi connectivity index (χ1) is 9.17. The lowest BCUT2D eigenvalue weighted by Crippen LogP contribution is -2.34. The standard InChI is InChI=1S/C14H19N3OS/c1-10-3-4-12(11(2)15-10)16-13-17-14(9-19-13)5-7-18-8-6-14/h3-4H,5-9H2,1-2H3,(H,16,17). The van der Waals surface area contributed by atoms with E-state index < -0.39 is 0 Å². The molecule has 0 bridgehead atoms. The number of pyridine rings is 1. The quantitative estimate of drug-likeness (QED) is 0.857. The monoisotopic (exact) mass is 277 g/mol. The van der Waals surface area contributed by atoms with E-state index in [0.29, 0.717) is 0 Å². The molecule has 2 aliphatic heterocycles. The Morgan fingerprint density at radius 3 is 2.79 bits per heavy atom. The SMILES string of the molecule is Cc1ccc(NC2=NC3(CCOCC3)CS2)c(C)n1. The molecule has 0 aromatic carbocycles. The van der Waals surface area contributed by atoms with Gasteiger partial charge in [0.1, 0.15) is 0 Å². The van der Waals surface area contributed by atoms with E-state index in [9.17, 15) is 0 Å². The van der Waals surface area contributed by atoms with Gasteiger partial charge < -0.3 is 10.1 Å². The molecule has 3 heterocycles. The molecule has 1 aromatic heterocycles. The molecule has 0 radical (unpaired) electrons. The van der Waals surface area contributed by atoms with E-state index >= 15 is 0 Å². The number of amidine groups is 1. The van der Waals surface area contributed by atoms with Gasteiger partial charge >= 0.3 is 0 Å². The molecule has 0 saturated carbocycles. The summed E-state index contributed by atoms with van der Waals surface area (Å²) in [7, 11) is 0. The second-order valence-corrected chi connectivity index (χ2v) is 6.22. The number of ether oxygens (including phenoxy) is 1. The lowest BCUT2D eigenvalue weighted by Gasteiger charge is -2.29. The Labute approximate surface area is 118 Å². The largest absolute Gasteiger partial charge is 0.381 e. The van der Waals surface area contributed by atoms with E-state index in [1.165, 1.54) is 0 Å². The zero-order valence-corrected chi connectivity index (χ0v) is 12.2. The second-order valence-electron chi connectivity index (χ2n) is 5.25. The minimum absolute atomic E-state index is 0.108. The highest BCUT2D eigenvalue weighted by atomic mass is 32.2. The zero-order chi connectivity index (χ0) is 13.3. The van der Waals surface area contributed by atoms with Crippen LogP contribution in [0.4, 0.5) is 5.69 Å². The smallest absolute Gasteiger partial charge is 0.161 e. The summed E-state index contributed by atoms with van der Waals surface area (Å²) in [5.41, 5.74) is 3.24. The van der Waals surface area contributed by atoms with E-state index in [4.69, 9.17) is 9.73 Å². The zero-order valence-electron chi connectivity index (χ0n) is 11.4. The number of hydrogen-bond donors (Lipinski definition) is 1. The fourth-order valence-electron chi connectivity index (χ4n) is 2.49. The maximum absolute atomic E-state index is 5.43. The Morgan fingerprint density at radius 1 is 1.26 bits per heavy atom. The molecule has 3 rings (SSSR count). The average Bonchev–Trinajstić information content (AvgIpc) is 2.77. The predicted octanol–water partition coefficient (Wildman–Crippen LogP) is 2.76. The molecule has 0 atom stereocenters. The van der Waals surface area contributed by atoms with Crippen LogP contribution in [-0.4, -0.2) is 34.7 Å². The molecule has 19 heavy (non-hydrogen) atoms. The first kappa shape index (κ1) is 12.9. The van der Waals surface area contributed by atoms with Gasteiger partial charge in [0.15, 0.2) is 5.17 Å². The van der Waals surface area contributed by atoms with Gasteiger partial charge in [-0.3, -0.25) is 9.98 Å². The highest BCUT2D eigenvalue weighted by Crippen LogP contribution is 2.36. The van der Waals surface area contributed by atoms with Crippen molar-refractivity contribution in [2.24, 2.45) is 4.99 Å². The summed E-state index contributed by atoms with van der Waals surface area (Å²) < 4.78 is 5.43. The van der Waals surface area contributed by atoms with Gasteiger partial charge in [0.25, 0.3) is 0 Å². The Balaban J connectivity index is 1.75. The Bertz CT molecular complexity index is 509. The van der Waals surface area contributed by atoms with Crippen molar-refractivity contribution in [2.45, 2.75) is 32.2 Å². The minimum Gasteiger partial charge on any atom is -0.381 e. The fourth-order valence-corrected chi connectivity index (χ4v) is 3.69. The molecule has 0 amide bonds. The maximum Gasteiger partial charge on any atom is 0.161 e. The van der Waals surface area contributed by atoms with Gasteiger partial charge in [-0.15, -0.1) is 0 Å². The number of nitrogens with one attached hydrogen (secondary N) is 1. The molecule has 4 nitrogen and oxygen atoms in total. The summed E-state index contributed by atoms with van der Waals surface area (Å²) in [4.78, 5) is 9.37. The molecule has 0 unspecified atom stereocenters. The number of rotatable bonds is 1. The lowest BCUT2D eigenvalue weighted by atomic mass is 9.93. The molecule has 2 aliphatic rings. The molecule has 1 spiro atoms. The summed E-state index contributed by atoms with van der Waals surface area (Å²) in [6, 6.07) is 4.11. The summed E-state index contributed by atoms with van der Waals surface area (Å²) in [5.74, 6) is 1.07. The van der Waals surface area contributed by atoms with Crippen molar-refractivity contribution < 1.29 is 4.74 Å². The normalized spacial score (nSPS) is 21.5. The van der Waals surface area contributed by atoms with Crippen LogP contribution in [0.3, 0.4) is 0 Å². The first-order valence-corrected chi connectivity index (χ1v) is 7.67. The van der Waals surface area contributed by atoms with E-state index in [1.807, 2.05) is 31.7 Å². The Hall–Kier alpha value is -1.07. The first-order valence-electron chi connectivity index (χ1n) is 6.69. The molecular formula is C14H19N3OS. The molecule has 1 fully saturated rings. The van der Waals surface area contributed by atoms with Gasteiger partial charge in [0.05, 0.1) is 16.9 Å². The maximum atomic E-state index is 5.43.